The molecule has 0 aliphatic carbocycles. The average Bonchev–Trinajstić information content (AvgIpc) is 3.41. The number of phosphoric ester groups is 1. The van der Waals surface area contributed by atoms with Gasteiger partial charge in [0.25, 0.3) is 0 Å². The summed E-state index contributed by atoms with van der Waals surface area (Å²) in [6.07, 6.45) is 71.6. The Labute approximate surface area is 485 Å². The summed E-state index contributed by atoms with van der Waals surface area (Å²) in [4.78, 5) is 37.7. The van der Waals surface area contributed by atoms with Crippen molar-refractivity contribution in [3.05, 3.63) is 36.5 Å². The molecule has 460 valence electrons. The molecule has 0 aromatic rings. The lowest BCUT2D eigenvalue weighted by Gasteiger charge is -2.27. The van der Waals surface area contributed by atoms with E-state index in [2.05, 4.69) is 50.4 Å². The molecule has 0 spiro atoms. The summed E-state index contributed by atoms with van der Waals surface area (Å²) in [5, 5.41) is 3.06. The Morgan fingerprint density at radius 3 is 1.10 bits per heavy atom. The Balaban J connectivity index is 4.96. The molecule has 78 heavy (non-hydrogen) atoms. The third-order valence-corrected chi connectivity index (χ3v) is 16.3. The number of hydrogen-bond acceptors (Lipinski definition) is 6. The van der Waals surface area contributed by atoms with E-state index < -0.39 is 20.0 Å². The van der Waals surface area contributed by atoms with Gasteiger partial charge < -0.3 is 19.4 Å². The number of carbonyl (C=O) groups excluding carboxylic acids is 2. The van der Waals surface area contributed by atoms with Gasteiger partial charge in [0.05, 0.1) is 33.8 Å². The minimum Gasteiger partial charge on any atom is -0.456 e. The van der Waals surface area contributed by atoms with Crippen LogP contribution in [0.3, 0.4) is 0 Å². The van der Waals surface area contributed by atoms with Gasteiger partial charge in [0.15, 0.2) is 0 Å². The number of allylic oxidation sites excluding steroid dienone is 5. The summed E-state index contributed by atoms with van der Waals surface area (Å²) in [6.45, 7) is 7.03. The predicted octanol–water partition coefficient (Wildman–Crippen LogP) is 21.1. The first-order valence-electron chi connectivity index (χ1n) is 33.8. The maximum atomic E-state index is 13.6. The molecular formula is C68H132N2O7P+. The van der Waals surface area contributed by atoms with Crippen LogP contribution in [0.2, 0.25) is 0 Å². The van der Waals surface area contributed by atoms with Crippen molar-refractivity contribution in [2.24, 2.45) is 0 Å². The fourth-order valence-electron chi connectivity index (χ4n) is 10.0. The van der Waals surface area contributed by atoms with Crippen molar-refractivity contribution in [2.75, 3.05) is 40.9 Å². The molecule has 10 heteroatoms. The number of ether oxygens (including phenoxy) is 1. The van der Waals surface area contributed by atoms with Crippen LogP contribution in [0, 0.1) is 0 Å². The van der Waals surface area contributed by atoms with Crippen LogP contribution in [0.4, 0.5) is 0 Å². The Morgan fingerprint density at radius 1 is 0.436 bits per heavy atom. The number of hydrogen-bond donors (Lipinski definition) is 2. The van der Waals surface area contributed by atoms with E-state index >= 15 is 0 Å². The Bertz CT molecular complexity index is 1430. The molecule has 0 fully saturated rings. The summed E-state index contributed by atoms with van der Waals surface area (Å²) in [7, 11) is 1.50. The van der Waals surface area contributed by atoms with E-state index in [0.717, 1.165) is 70.6 Å². The first kappa shape index (κ1) is 76.2. The molecule has 0 aromatic carbocycles. The van der Waals surface area contributed by atoms with Crippen LogP contribution in [0.1, 0.15) is 335 Å². The molecule has 0 radical (unpaired) electrons. The SMILES string of the molecule is CCCCCCCC/C=C/CCCCCCCCCCCCCCCCCCCC(=O)NC(COP(=O)(O)OCC[N+](C)(C)C)C(/C=C\CCCCCCCCCCC)OC(=O)CCCCC/C=C\CCCCCCCCC. The average molecular weight is 1120 g/mol. The van der Waals surface area contributed by atoms with E-state index in [-0.39, 0.29) is 31.5 Å². The van der Waals surface area contributed by atoms with E-state index in [9.17, 15) is 19.0 Å². The van der Waals surface area contributed by atoms with Crippen LogP contribution in [0.25, 0.3) is 0 Å². The number of nitrogens with zero attached hydrogens (tertiary/aromatic N) is 1. The van der Waals surface area contributed by atoms with Gasteiger partial charge in [-0.05, 0) is 83.1 Å². The fraction of sp³-hybridized carbons (Fsp3) is 0.882. The smallest absolute Gasteiger partial charge is 0.456 e. The lowest BCUT2D eigenvalue weighted by Crippen LogP contribution is -2.47. The van der Waals surface area contributed by atoms with Crippen LogP contribution in [-0.2, 0) is 27.9 Å². The van der Waals surface area contributed by atoms with Gasteiger partial charge in [0, 0.05) is 12.8 Å². The second kappa shape index (κ2) is 58.4. The van der Waals surface area contributed by atoms with Gasteiger partial charge in [0.2, 0.25) is 5.91 Å². The number of amides is 1. The molecule has 1 amide bonds. The summed E-state index contributed by atoms with van der Waals surface area (Å²) >= 11 is 0. The minimum absolute atomic E-state index is 0.0404. The maximum Gasteiger partial charge on any atom is 0.472 e. The molecule has 2 N–H and O–H groups in total. The van der Waals surface area contributed by atoms with Crippen molar-refractivity contribution in [3.8, 4) is 0 Å². The van der Waals surface area contributed by atoms with Gasteiger partial charge in [0.1, 0.15) is 19.3 Å². The summed E-state index contributed by atoms with van der Waals surface area (Å²) < 4.78 is 30.7. The Morgan fingerprint density at radius 2 is 0.744 bits per heavy atom. The number of phosphoric acid groups is 1. The molecule has 0 rings (SSSR count). The predicted molar refractivity (Wildman–Crippen MR) is 337 cm³/mol. The molecule has 3 atom stereocenters. The minimum atomic E-state index is -4.45. The highest BCUT2D eigenvalue weighted by Gasteiger charge is 2.30. The van der Waals surface area contributed by atoms with Crippen molar-refractivity contribution < 1.29 is 37.3 Å². The molecule has 3 unspecified atom stereocenters. The van der Waals surface area contributed by atoms with E-state index in [0.29, 0.717) is 17.4 Å². The fourth-order valence-corrected chi connectivity index (χ4v) is 10.8. The van der Waals surface area contributed by atoms with Crippen molar-refractivity contribution in [2.45, 2.75) is 348 Å². The van der Waals surface area contributed by atoms with Gasteiger partial charge in [-0.1, -0.05) is 276 Å². The molecule has 0 saturated carbocycles. The third-order valence-electron chi connectivity index (χ3n) is 15.3. The summed E-state index contributed by atoms with van der Waals surface area (Å²) in [5.74, 6) is -0.509. The van der Waals surface area contributed by atoms with E-state index in [4.69, 9.17) is 13.8 Å². The summed E-state index contributed by atoms with van der Waals surface area (Å²) in [6, 6.07) is -0.850. The van der Waals surface area contributed by atoms with E-state index in [1.807, 2.05) is 33.3 Å². The highest BCUT2D eigenvalue weighted by Crippen LogP contribution is 2.43. The van der Waals surface area contributed by atoms with Crippen LogP contribution < -0.4 is 5.32 Å². The number of likely N-dealkylation sites (N-methyl/N-ethyl adjacent to an activating group) is 1. The zero-order valence-electron chi connectivity index (χ0n) is 52.7. The molecule has 0 aliphatic rings. The zero-order chi connectivity index (χ0) is 57.2. The Hall–Kier alpha value is -1.77. The second-order valence-electron chi connectivity index (χ2n) is 24.3. The van der Waals surface area contributed by atoms with Gasteiger partial charge in [-0.25, -0.2) is 4.57 Å². The normalized spacial score (nSPS) is 13.8. The Kier molecular flexibility index (Phi) is 57.1. The van der Waals surface area contributed by atoms with Gasteiger partial charge in [-0.15, -0.1) is 0 Å². The molecule has 0 heterocycles. The monoisotopic (exact) mass is 1120 g/mol. The maximum absolute atomic E-state index is 13.6. The van der Waals surface area contributed by atoms with Crippen LogP contribution in [0.5, 0.6) is 0 Å². The number of nitrogens with one attached hydrogen (secondary N) is 1. The lowest BCUT2D eigenvalue weighted by molar-refractivity contribution is -0.870. The number of rotatable bonds is 62. The second-order valence-corrected chi connectivity index (χ2v) is 25.8. The van der Waals surface area contributed by atoms with Crippen molar-refractivity contribution >= 4 is 19.7 Å². The molecule has 0 saturated heterocycles. The third kappa shape index (κ3) is 58.9. The number of esters is 1. The molecular weight excluding hydrogens is 988 g/mol. The van der Waals surface area contributed by atoms with Crippen LogP contribution in [0.15, 0.2) is 36.5 Å². The van der Waals surface area contributed by atoms with Gasteiger partial charge >= 0.3 is 13.8 Å². The van der Waals surface area contributed by atoms with Crippen LogP contribution >= 0.6 is 7.82 Å². The number of quaternary nitrogens is 1. The molecule has 0 aliphatic heterocycles. The molecule has 9 nitrogen and oxygen atoms in total. The quantitative estimate of drug-likeness (QED) is 0.0205. The van der Waals surface area contributed by atoms with Crippen molar-refractivity contribution in [1.29, 1.82) is 0 Å². The topological polar surface area (TPSA) is 111 Å². The zero-order valence-corrected chi connectivity index (χ0v) is 53.6. The number of unbranched alkanes of at least 4 members (excludes halogenated alkanes) is 42. The standard InChI is InChI=1S/C68H131N2O7P/c1-7-10-13-16-19-22-25-27-29-30-31-32-33-34-35-36-37-38-39-40-41-42-45-48-51-54-57-60-67(71)69-65(64-76-78(73,74)75-63-62-70(4,5)6)66(59-56-53-50-47-44-24-21-18-15-12-9-3)77-68(72)61-58-55-52-49-46-43-28-26-23-20-17-14-11-8-2/h27,29,43,46,56,59,65-66H,7-26,28,30-42,44-45,47-55,57-58,60-64H2,1-6H3,(H-,69,71,73,74)/p+1/b29-27+,46-43-,59-56-. The highest BCUT2D eigenvalue weighted by molar-refractivity contribution is 7.47. The highest BCUT2D eigenvalue weighted by atomic mass is 31.2. The van der Waals surface area contributed by atoms with Gasteiger partial charge in [-0.3, -0.25) is 18.6 Å². The van der Waals surface area contributed by atoms with Crippen LogP contribution in [-0.4, -0.2) is 74.3 Å². The number of carbonyl (C=O) groups is 2. The van der Waals surface area contributed by atoms with Crippen molar-refractivity contribution in [1.82, 2.24) is 5.32 Å². The molecule has 0 bridgehead atoms. The van der Waals surface area contributed by atoms with Gasteiger partial charge in [-0.2, -0.15) is 0 Å². The van der Waals surface area contributed by atoms with Crippen molar-refractivity contribution in [3.63, 3.8) is 0 Å². The molecule has 0 aromatic heterocycles. The summed E-state index contributed by atoms with van der Waals surface area (Å²) in [5.41, 5.74) is 0. The van der Waals surface area contributed by atoms with E-state index in [1.165, 1.54) is 231 Å². The largest absolute Gasteiger partial charge is 0.472 e. The first-order chi connectivity index (χ1) is 37.9. The first-order valence-corrected chi connectivity index (χ1v) is 35.3. The lowest BCUT2D eigenvalue weighted by atomic mass is 10.0. The van der Waals surface area contributed by atoms with E-state index in [1.54, 1.807) is 0 Å².